The van der Waals surface area contributed by atoms with Crippen LogP contribution in [0, 0.1) is 0 Å². The van der Waals surface area contributed by atoms with Gasteiger partial charge in [-0.2, -0.15) is 0 Å². The van der Waals surface area contributed by atoms with Gasteiger partial charge in [-0.05, 0) is 51.4 Å². The minimum atomic E-state index is -4.59. The van der Waals surface area contributed by atoms with Crippen molar-refractivity contribution in [1.82, 2.24) is 5.32 Å². The molecule has 2 N–H and O–H groups in total. The smallest absolute Gasteiger partial charge is 0.268 e. The summed E-state index contributed by atoms with van der Waals surface area (Å²) in [4.78, 5) is 25.3. The van der Waals surface area contributed by atoms with E-state index in [1.54, 1.807) is 0 Å². The van der Waals surface area contributed by atoms with Gasteiger partial charge in [-0.15, -0.1) is 0 Å². The summed E-state index contributed by atoms with van der Waals surface area (Å²) in [5.41, 5.74) is 0. The molecule has 0 aliphatic heterocycles. The van der Waals surface area contributed by atoms with E-state index < -0.39 is 20.0 Å². The van der Waals surface area contributed by atoms with Gasteiger partial charge in [0, 0.05) is 6.42 Å². The van der Waals surface area contributed by atoms with Gasteiger partial charge < -0.3 is 28.8 Å². The quantitative estimate of drug-likeness (QED) is 0.0275. The zero-order chi connectivity index (χ0) is 42.8. The maximum Gasteiger partial charge on any atom is 0.268 e. The van der Waals surface area contributed by atoms with Gasteiger partial charge in [0.05, 0.1) is 39.9 Å². The highest BCUT2D eigenvalue weighted by Gasteiger charge is 2.24. The zero-order valence-electron chi connectivity index (χ0n) is 38.0. The van der Waals surface area contributed by atoms with Gasteiger partial charge in [-0.25, -0.2) is 0 Å². The van der Waals surface area contributed by atoms with E-state index in [9.17, 15) is 19.4 Å². The Bertz CT molecular complexity index is 1170. The molecule has 0 spiro atoms. The van der Waals surface area contributed by atoms with Crippen LogP contribution in [0.5, 0.6) is 0 Å². The molecule has 9 heteroatoms. The molecule has 3 atom stereocenters. The van der Waals surface area contributed by atoms with Crippen molar-refractivity contribution in [2.45, 2.75) is 193 Å². The van der Waals surface area contributed by atoms with Gasteiger partial charge in [0.1, 0.15) is 13.2 Å². The molecule has 1 amide bonds. The molecule has 0 saturated carbocycles. The fourth-order valence-electron chi connectivity index (χ4n) is 6.30. The van der Waals surface area contributed by atoms with Crippen molar-refractivity contribution in [2.75, 3.05) is 40.9 Å². The normalized spacial score (nSPS) is 14.9. The van der Waals surface area contributed by atoms with Gasteiger partial charge in [0.25, 0.3) is 7.82 Å². The standard InChI is InChI=1S/C49H89N2O6P/c1-6-8-10-12-14-16-18-20-22-24-25-27-29-31-33-35-37-39-41-43-49(53)50-47(46-57-58(54,55)56-45-44-51(3,4)5)48(52)42-40-38-36-34-32-30-28-26-23-21-19-17-15-13-11-9-7-2/h8,10,14,16,20,22,25,27,31,33,37,39,47-48,52H,6-7,9,11-13,15,17-19,21,23-24,26,28-30,32,34-36,38,40-46H2,1-5H3,(H-,50,53,54,55)/b10-8-,16-14-,22-20-,27-25-,33-31-,39-37-. The number of carbonyl (C=O) groups is 1. The Hall–Kier alpha value is -2.06. The lowest BCUT2D eigenvalue weighted by atomic mass is 10.0. The number of aliphatic hydroxyl groups excluding tert-OH is 1. The van der Waals surface area contributed by atoms with Crippen LogP contribution in [0.4, 0.5) is 0 Å². The molecule has 0 aliphatic carbocycles. The van der Waals surface area contributed by atoms with Crippen molar-refractivity contribution < 1.29 is 32.9 Å². The summed E-state index contributed by atoms with van der Waals surface area (Å²) >= 11 is 0. The number of hydrogen-bond donors (Lipinski definition) is 2. The topological polar surface area (TPSA) is 108 Å². The molecule has 3 unspecified atom stereocenters. The number of nitrogens with zero attached hydrogens (tertiary/aromatic N) is 1. The van der Waals surface area contributed by atoms with E-state index in [4.69, 9.17) is 9.05 Å². The van der Waals surface area contributed by atoms with Crippen molar-refractivity contribution in [3.05, 3.63) is 72.9 Å². The van der Waals surface area contributed by atoms with E-state index >= 15 is 0 Å². The van der Waals surface area contributed by atoms with Crippen LogP contribution >= 0.6 is 7.82 Å². The predicted molar refractivity (Wildman–Crippen MR) is 247 cm³/mol. The molecular formula is C49H89N2O6P. The number of likely N-dealkylation sites (N-methyl/N-ethyl adjacent to an activating group) is 1. The van der Waals surface area contributed by atoms with Crippen LogP contribution in [-0.2, 0) is 18.4 Å². The van der Waals surface area contributed by atoms with E-state index in [2.05, 4.69) is 79.9 Å². The second kappa shape index (κ2) is 40.4. The van der Waals surface area contributed by atoms with Crippen LogP contribution in [0.1, 0.15) is 181 Å². The molecule has 0 heterocycles. The first-order valence-corrected chi connectivity index (χ1v) is 24.7. The Morgan fingerprint density at radius 2 is 1.02 bits per heavy atom. The van der Waals surface area contributed by atoms with Crippen LogP contribution in [0.2, 0.25) is 0 Å². The second-order valence-electron chi connectivity index (χ2n) is 16.7. The van der Waals surface area contributed by atoms with Crippen molar-refractivity contribution in [2.24, 2.45) is 0 Å². The Labute approximate surface area is 357 Å². The van der Waals surface area contributed by atoms with Crippen LogP contribution in [0.15, 0.2) is 72.9 Å². The zero-order valence-corrected chi connectivity index (χ0v) is 38.9. The first-order valence-electron chi connectivity index (χ1n) is 23.3. The molecular weight excluding hydrogens is 744 g/mol. The van der Waals surface area contributed by atoms with Crippen molar-refractivity contribution in [1.29, 1.82) is 0 Å². The fraction of sp³-hybridized carbons (Fsp3) is 0.735. The number of quaternary nitrogens is 1. The van der Waals surface area contributed by atoms with Crippen LogP contribution in [0.25, 0.3) is 0 Å². The van der Waals surface area contributed by atoms with Crippen LogP contribution < -0.4 is 10.2 Å². The largest absolute Gasteiger partial charge is 0.756 e. The highest BCUT2D eigenvalue weighted by atomic mass is 31.2. The molecule has 0 aliphatic rings. The van der Waals surface area contributed by atoms with E-state index in [0.29, 0.717) is 23.9 Å². The molecule has 0 bridgehead atoms. The number of phosphoric acid groups is 1. The number of nitrogens with one attached hydrogen (secondary N) is 1. The fourth-order valence-corrected chi connectivity index (χ4v) is 7.02. The predicted octanol–water partition coefficient (Wildman–Crippen LogP) is 12.6. The molecule has 58 heavy (non-hydrogen) atoms. The van der Waals surface area contributed by atoms with E-state index in [1.165, 1.54) is 89.9 Å². The van der Waals surface area contributed by atoms with E-state index in [0.717, 1.165) is 57.8 Å². The third kappa shape index (κ3) is 42.1. The monoisotopic (exact) mass is 833 g/mol. The lowest BCUT2D eigenvalue weighted by Crippen LogP contribution is -2.46. The lowest BCUT2D eigenvalue weighted by Gasteiger charge is -2.30. The number of allylic oxidation sites excluding steroid dienone is 12. The summed E-state index contributed by atoms with van der Waals surface area (Å²) in [6, 6.07) is -0.844. The number of carbonyl (C=O) groups excluding carboxylic acids is 1. The molecule has 0 fully saturated rings. The highest BCUT2D eigenvalue weighted by Crippen LogP contribution is 2.38. The Kier molecular flexibility index (Phi) is 38.9. The summed E-state index contributed by atoms with van der Waals surface area (Å²) in [5, 5.41) is 13.9. The van der Waals surface area contributed by atoms with Gasteiger partial charge in [-0.3, -0.25) is 9.36 Å². The van der Waals surface area contributed by atoms with Crippen molar-refractivity contribution >= 4 is 13.7 Å². The summed E-state index contributed by atoms with van der Waals surface area (Å²) in [6.07, 6.45) is 53.5. The Morgan fingerprint density at radius 3 is 1.43 bits per heavy atom. The molecule has 0 rings (SSSR count). The lowest BCUT2D eigenvalue weighted by molar-refractivity contribution is -0.870. The van der Waals surface area contributed by atoms with Gasteiger partial charge >= 0.3 is 0 Å². The SMILES string of the molecule is CC/C=C\C/C=C\C/C=C\C/C=C\C/C=C\C/C=C\CCC(=O)NC(COP(=O)([O-])OCC[N+](C)(C)C)C(O)CCCCCCCCCCCCCCCCCCC. The number of phosphoric ester groups is 1. The minimum absolute atomic E-state index is 0.00489. The summed E-state index contributed by atoms with van der Waals surface area (Å²) in [7, 11) is 1.25. The maximum atomic E-state index is 12.9. The van der Waals surface area contributed by atoms with E-state index in [1.807, 2.05) is 33.3 Å². The molecule has 0 aromatic rings. The first-order chi connectivity index (χ1) is 28.0. The number of hydrogen-bond acceptors (Lipinski definition) is 6. The number of amides is 1. The Balaban J connectivity index is 4.48. The van der Waals surface area contributed by atoms with Gasteiger partial charge in [0.15, 0.2) is 0 Å². The third-order valence-electron chi connectivity index (χ3n) is 9.97. The average molecular weight is 833 g/mol. The molecule has 0 aromatic heterocycles. The van der Waals surface area contributed by atoms with Crippen molar-refractivity contribution in [3.8, 4) is 0 Å². The second-order valence-corrected chi connectivity index (χ2v) is 18.1. The van der Waals surface area contributed by atoms with Gasteiger partial charge in [-0.1, -0.05) is 196 Å². The molecule has 0 aromatic carbocycles. The van der Waals surface area contributed by atoms with Gasteiger partial charge in [0.2, 0.25) is 5.91 Å². The average Bonchev–Trinajstić information content (AvgIpc) is 3.17. The van der Waals surface area contributed by atoms with Crippen LogP contribution in [0.3, 0.4) is 0 Å². The molecule has 8 nitrogen and oxygen atoms in total. The molecule has 336 valence electrons. The molecule has 0 radical (unpaired) electrons. The number of rotatable bonds is 41. The Morgan fingerprint density at radius 1 is 0.621 bits per heavy atom. The number of unbranched alkanes of at least 4 members (excludes halogenated alkanes) is 16. The summed E-state index contributed by atoms with van der Waals surface area (Å²) < 4.78 is 23.2. The third-order valence-corrected chi connectivity index (χ3v) is 10.9. The minimum Gasteiger partial charge on any atom is -0.756 e. The summed E-state index contributed by atoms with van der Waals surface area (Å²) in [5.74, 6) is -0.249. The van der Waals surface area contributed by atoms with E-state index in [-0.39, 0.29) is 25.5 Å². The van der Waals surface area contributed by atoms with Crippen LogP contribution in [-0.4, -0.2) is 68.5 Å². The molecule has 0 saturated heterocycles. The highest BCUT2D eigenvalue weighted by molar-refractivity contribution is 7.45. The summed E-state index contributed by atoms with van der Waals surface area (Å²) in [6.45, 7) is 4.54. The van der Waals surface area contributed by atoms with Crippen molar-refractivity contribution in [3.63, 3.8) is 0 Å². The number of aliphatic hydroxyl groups is 1. The maximum absolute atomic E-state index is 12.9. The first kappa shape index (κ1) is 55.9.